The highest BCUT2D eigenvalue weighted by Gasteiger charge is 2.32. The van der Waals surface area contributed by atoms with Crippen molar-refractivity contribution < 1.29 is 9.53 Å². The van der Waals surface area contributed by atoms with Gasteiger partial charge < -0.3 is 10.1 Å². The van der Waals surface area contributed by atoms with E-state index in [-0.39, 0.29) is 23.8 Å². The summed E-state index contributed by atoms with van der Waals surface area (Å²) < 4.78 is 5.65. The number of nitrogens with one attached hydrogen (secondary N) is 1. The SMILES string of the molecule is N#CC1CCCC1NC(=O)C1COc2ccccc2C1. The molecular weight excluding hydrogens is 252 g/mol. The molecule has 3 rings (SSSR count). The first-order valence-corrected chi connectivity index (χ1v) is 7.18. The van der Waals surface area contributed by atoms with Gasteiger partial charge in [-0.15, -0.1) is 0 Å². The van der Waals surface area contributed by atoms with Gasteiger partial charge in [0.25, 0.3) is 0 Å². The summed E-state index contributed by atoms with van der Waals surface area (Å²) >= 11 is 0. The highest BCUT2D eigenvalue weighted by atomic mass is 16.5. The summed E-state index contributed by atoms with van der Waals surface area (Å²) in [7, 11) is 0. The molecule has 3 atom stereocenters. The summed E-state index contributed by atoms with van der Waals surface area (Å²) in [6, 6.07) is 10.2. The molecule has 1 saturated carbocycles. The molecule has 0 radical (unpaired) electrons. The Kier molecular flexibility index (Phi) is 3.60. The van der Waals surface area contributed by atoms with E-state index in [4.69, 9.17) is 10.00 Å². The lowest BCUT2D eigenvalue weighted by molar-refractivity contribution is -0.127. The van der Waals surface area contributed by atoms with E-state index in [9.17, 15) is 4.79 Å². The van der Waals surface area contributed by atoms with Crippen LogP contribution >= 0.6 is 0 Å². The van der Waals surface area contributed by atoms with Crippen LogP contribution in [0.15, 0.2) is 24.3 Å². The van der Waals surface area contributed by atoms with E-state index in [0.29, 0.717) is 13.0 Å². The Morgan fingerprint density at radius 1 is 1.35 bits per heavy atom. The minimum Gasteiger partial charge on any atom is -0.492 e. The summed E-state index contributed by atoms with van der Waals surface area (Å²) in [6.45, 7) is 0.423. The molecule has 3 unspecified atom stereocenters. The van der Waals surface area contributed by atoms with Crippen LogP contribution in [0.2, 0.25) is 0 Å². The van der Waals surface area contributed by atoms with Crippen molar-refractivity contribution in [2.24, 2.45) is 11.8 Å². The zero-order valence-electron chi connectivity index (χ0n) is 11.3. The fourth-order valence-corrected chi connectivity index (χ4v) is 3.08. The zero-order chi connectivity index (χ0) is 13.9. The monoisotopic (exact) mass is 270 g/mol. The highest BCUT2D eigenvalue weighted by Crippen LogP contribution is 2.28. The highest BCUT2D eigenvalue weighted by molar-refractivity contribution is 5.80. The van der Waals surface area contributed by atoms with Crippen molar-refractivity contribution in [3.8, 4) is 11.8 Å². The molecule has 1 N–H and O–H groups in total. The zero-order valence-corrected chi connectivity index (χ0v) is 11.3. The van der Waals surface area contributed by atoms with Gasteiger partial charge in [-0.1, -0.05) is 18.2 Å². The van der Waals surface area contributed by atoms with Gasteiger partial charge >= 0.3 is 0 Å². The first-order chi connectivity index (χ1) is 9.78. The Morgan fingerprint density at radius 2 is 2.20 bits per heavy atom. The van der Waals surface area contributed by atoms with E-state index in [2.05, 4.69) is 11.4 Å². The van der Waals surface area contributed by atoms with E-state index in [0.717, 1.165) is 30.6 Å². The van der Waals surface area contributed by atoms with Gasteiger partial charge in [0.15, 0.2) is 0 Å². The summed E-state index contributed by atoms with van der Waals surface area (Å²) in [4.78, 5) is 12.3. The van der Waals surface area contributed by atoms with Crippen molar-refractivity contribution in [2.75, 3.05) is 6.61 Å². The van der Waals surface area contributed by atoms with E-state index in [1.165, 1.54) is 0 Å². The first kappa shape index (κ1) is 13.0. The number of para-hydroxylation sites is 1. The lowest BCUT2D eigenvalue weighted by atomic mass is 9.95. The van der Waals surface area contributed by atoms with Gasteiger partial charge in [0, 0.05) is 6.04 Å². The number of fused-ring (bicyclic) bond motifs is 1. The smallest absolute Gasteiger partial charge is 0.227 e. The molecule has 1 fully saturated rings. The van der Waals surface area contributed by atoms with Gasteiger partial charge in [0.2, 0.25) is 5.91 Å². The second-order valence-corrected chi connectivity index (χ2v) is 5.60. The first-order valence-electron chi connectivity index (χ1n) is 7.18. The lowest BCUT2D eigenvalue weighted by Gasteiger charge is -2.26. The molecule has 0 bridgehead atoms. The normalized spacial score (nSPS) is 28.1. The maximum Gasteiger partial charge on any atom is 0.227 e. The minimum absolute atomic E-state index is 0.0182. The van der Waals surface area contributed by atoms with E-state index >= 15 is 0 Å². The largest absolute Gasteiger partial charge is 0.492 e. The standard InChI is InChI=1S/C16H18N2O2/c17-9-12-5-3-6-14(12)18-16(19)13-8-11-4-1-2-7-15(11)20-10-13/h1-2,4,7,12-14H,3,5-6,8,10H2,(H,18,19). The third-order valence-corrected chi connectivity index (χ3v) is 4.26. The lowest BCUT2D eigenvalue weighted by Crippen LogP contribution is -2.43. The average molecular weight is 270 g/mol. The Hall–Kier alpha value is -2.02. The van der Waals surface area contributed by atoms with E-state index in [1.54, 1.807) is 0 Å². The third kappa shape index (κ3) is 2.49. The maximum atomic E-state index is 12.3. The number of nitriles is 1. The second-order valence-electron chi connectivity index (χ2n) is 5.60. The number of hydrogen-bond donors (Lipinski definition) is 1. The summed E-state index contributed by atoms with van der Waals surface area (Å²) in [5, 5.41) is 12.1. The van der Waals surface area contributed by atoms with Crippen LogP contribution in [0.5, 0.6) is 5.75 Å². The molecule has 0 saturated heterocycles. The molecule has 2 aliphatic rings. The maximum absolute atomic E-state index is 12.3. The molecule has 1 heterocycles. The van der Waals surface area contributed by atoms with Crippen molar-refractivity contribution in [3.63, 3.8) is 0 Å². The van der Waals surface area contributed by atoms with Crippen LogP contribution in [0.4, 0.5) is 0 Å². The fraction of sp³-hybridized carbons (Fsp3) is 0.500. The molecule has 4 nitrogen and oxygen atoms in total. The van der Waals surface area contributed by atoms with E-state index in [1.807, 2.05) is 24.3 Å². The van der Waals surface area contributed by atoms with Gasteiger partial charge in [-0.05, 0) is 37.3 Å². The number of rotatable bonds is 2. The molecule has 1 aliphatic carbocycles. The molecule has 4 heteroatoms. The van der Waals surface area contributed by atoms with Crippen LogP contribution in [0.25, 0.3) is 0 Å². The summed E-state index contributed by atoms with van der Waals surface area (Å²) in [6.07, 6.45) is 3.54. The Bertz CT molecular complexity index is 550. The van der Waals surface area contributed by atoms with Crippen LogP contribution in [0.1, 0.15) is 24.8 Å². The Balaban J connectivity index is 1.63. The van der Waals surface area contributed by atoms with Gasteiger partial charge in [-0.2, -0.15) is 5.26 Å². The second kappa shape index (κ2) is 5.54. The molecule has 1 aromatic carbocycles. The topological polar surface area (TPSA) is 62.1 Å². The van der Waals surface area contributed by atoms with Crippen molar-refractivity contribution >= 4 is 5.91 Å². The number of ether oxygens (including phenoxy) is 1. The van der Waals surface area contributed by atoms with Crippen molar-refractivity contribution in [3.05, 3.63) is 29.8 Å². The number of carbonyl (C=O) groups excluding carboxylic acids is 1. The van der Waals surface area contributed by atoms with Gasteiger partial charge in [0.1, 0.15) is 12.4 Å². The van der Waals surface area contributed by atoms with Crippen LogP contribution in [-0.2, 0) is 11.2 Å². The molecule has 1 amide bonds. The number of benzene rings is 1. The predicted octanol–water partition coefficient (Wildman–Crippen LogP) is 2.05. The molecular formula is C16H18N2O2. The Labute approximate surface area is 118 Å². The summed E-state index contributed by atoms with van der Waals surface area (Å²) in [5.74, 6) is 0.722. The fourth-order valence-electron chi connectivity index (χ4n) is 3.08. The number of amides is 1. The molecule has 1 aliphatic heterocycles. The van der Waals surface area contributed by atoms with Crippen molar-refractivity contribution in [1.29, 1.82) is 5.26 Å². The van der Waals surface area contributed by atoms with Gasteiger partial charge in [-0.25, -0.2) is 0 Å². The summed E-state index contributed by atoms with van der Waals surface area (Å²) in [5.41, 5.74) is 1.09. The number of carbonyl (C=O) groups is 1. The van der Waals surface area contributed by atoms with E-state index < -0.39 is 0 Å². The molecule has 104 valence electrons. The predicted molar refractivity (Wildman–Crippen MR) is 74.0 cm³/mol. The average Bonchev–Trinajstić information content (AvgIpc) is 2.94. The van der Waals surface area contributed by atoms with Gasteiger partial charge in [-0.3, -0.25) is 4.79 Å². The van der Waals surface area contributed by atoms with Crippen LogP contribution < -0.4 is 10.1 Å². The van der Waals surface area contributed by atoms with Crippen molar-refractivity contribution in [2.45, 2.75) is 31.7 Å². The third-order valence-electron chi connectivity index (χ3n) is 4.26. The molecule has 1 aromatic rings. The van der Waals surface area contributed by atoms with Crippen LogP contribution in [0.3, 0.4) is 0 Å². The van der Waals surface area contributed by atoms with Crippen LogP contribution in [0, 0.1) is 23.2 Å². The Morgan fingerprint density at radius 3 is 3.05 bits per heavy atom. The van der Waals surface area contributed by atoms with Crippen LogP contribution in [-0.4, -0.2) is 18.6 Å². The molecule has 0 aromatic heterocycles. The minimum atomic E-state index is -0.148. The van der Waals surface area contributed by atoms with Crippen molar-refractivity contribution in [1.82, 2.24) is 5.32 Å². The molecule has 0 spiro atoms. The van der Waals surface area contributed by atoms with Gasteiger partial charge in [0.05, 0.1) is 17.9 Å². The molecule has 20 heavy (non-hydrogen) atoms. The number of nitrogens with zero attached hydrogens (tertiary/aromatic N) is 1. The number of hydrogen-bond acceptors (Lipinski definition) is 3. The quantitative estimate of drug-likeness (QED) is 0.894.